The average Bonchev–Trinajstić information content (AvgIpc) is 2.88. The van der Waals surface area contributed by atoms with Gasteiger partial charge in [-0.2, -0.15) is 39.5 Å². The van der Waals surface area contributed by atoms with E-state index in [1.165, 1.54) is 0 Å². The monoisotopic (exact) mass is 578 g/mol. The van der Waals surface area contributed by atoms with Crippen LogP contribution in [0.4, 0.5) is 43.9 Å². The van der Waals surface area contributed by atoms with E-state index < -0.39 is 49.6 Å². The van der Waals surface area contributed by atoms with Gasteiger partial charge in [0.2, 0.25) is 0 Å². The molecule has 0 aliphatic carbocycles. The van der Waals surface area contributed by atoms with Crippen LogP contribution in [0.1, 0.15) is 51.9 Å². The van der Waals surface area contributed by atoms with Crippen LogP contribution < -0.4 is 9.47 Å². The molecule has 2 rings (SSSR count). The summed E-state index contributed by atoms with van der Waals surface area (Å²) >= 11 is 0. The van der Waals surface area contributed by atoms with Gasteiger partial charge in [-0.3, -0.25) is 0 Å². The maximum absolute atomic E-state index is 13.9. The molecule has 1 aromatic carbocycles. The number of benzene rings is 1. The first kappa shape index (κ1) is 32.4. The Labute approximate surface area is 218 Å². The lowest BCUT2D eigenvalue weighted by molar-refractivity contribution is -0.396. The lowest BCUT2D eigenvalue weighted by atomic mass is 10.00. The molecule has 0 aliphatic rings. The molecular formula is C25H28F10N2O2. The molecule has 0 saturated carbocycles. The molecule has 4 nitrogen and oxygen atoms in total. The topological polar surface area (TPSA) is 44.2 Å². The summed E-state index contributed by atoms with van der Waals surface area (Å²) in [6.45, 7) is 1.29. The second-order valence-electron chi connectivity index (χ2n) is 8.83. The molecule has 0 saturated heterocycles. The Morgan fingerprint density at radius 1 is 0.744 bits per heavy atom. The third-order valence-electron chi connectivity index (χ3n) is 5.66. The molecule has 2 aromatic rings. The van der Waals surface area contributed by atoms with Crippen molar-refractivity contribution in [2.75, 3.05) is 13.2 Å². The Hall–Kier alpha value is -2.80. The van der Waals surface area contributed by atoms with Gasteiger partial charge in [0.1, 0.15) is 18.5 Å². The van der Waals surface area contributed by atoms with E-state index in [0.29, 0.717) is 17.7 Å². The van der Waals surface area contributed by atoms with E-state index in [-0.39, 0.29) is 18.2 Å². The highest BCUT2D eigenvalue weighted by atomic mass is 19.4. The number of alkyl halides is 10. The fourth-order valence-corrected chi connectivity index (χ4v) is 3.35. The van der Waals surface area contributed by atoms with Crippen LogP contribution in [-0.4, -0.2) is 53.3 Å². The highest BCUT2D eigenvalue weighted by Gasteiger charge is 2.81. The van der Waals surface area contributed by atoms with Crippen molar-refractivity contribution in [3.63, 3.8) is 0 Å². The maximum atomic E-state index is 13.9. The minimum absolute atomic E-state index is 0.0810. The summed E-state index contributed by atoms with van der Waals surface area (Å²) in [6.07, 6.45) is -4.32. The molecule has 220 valence electrons. The SMILES string of the molecule is CCCCCC[C@H](F)COc1ccc(-c2ncc(OCCCC(F)(F)C(F)(F)C(F)(F)C(F)(F)F)cn2)cc1. The third kappa shape index (κ3) is 8.59. The van der Waals surface area contributed by atoms with E-state index in [1.807, 2.05) is 0 Å². The first-order valence-corrected chi connectivity index (χ1v) is 12.1. The second kappa shape index (κ2) is 13.5. The number of rotatable bonds is 16. The first-order valence-electron chi connectivity index (χ1n) is 12.1. The van der Waals surface area contributed by atoms with Gasteiger partial charge >= 0.3 is 23.9 Å². The summed E-state index contributed by atoms with van der Waals surface area (Å²) in [7, 11) is 0. The summed E-state index contributed by atoms with van der Waals surface area (Å²) in [5, 5.41) is 0. The Morgan fingerprint density at radius 3 is 1.92 bits per heavy atom. The van der Waals surface area contributed by atoms with Gasteiger partial charge in [0, 0.05) is 12.0 Å². The number of aromatic nitrogens is 2. The number of nitrogens with zero attached hydrogens (tertiary/aromatic N) is 2. The van der Waals surface area contributed by atoms with Crippen molar-refractivity contribution in [3.05, 3.63) is 36.7 Å². The van der Waals surface area contributed by atoms with Crippen LogP contribution in [-0.2, 0) is 0 Å². The number of halogens is 10. The van der Waals surface area contributed by atoms with Crippen molar-refractivity contribution < 1.29 is 53.4 Å². The van der Waals surface area contributed by atoms with Gasteiger partial charge in [0.05, 0.1) is 19.0 Å². The summed E-state index contributed by atoms with van der Waals surface area (Å²) < 4.78 is 140. The van der Waals surface area contributed by atoms with Crippen molar-refractivity contribution in [3.8, 4) is 22.9 Å². The summed E-state index contributed by atoms with van der Waals surface area (Å²) in [5.74, 6) is -18.6. The molecular weight excluding hydrogens is 550 g/mol. The molecule has 0 N–H and O–H groups in total. The van der Waals surface area contributed by atoms with Gasteiger partial charge in [-0.05, 0) is 37.1 Å². The molecule has 39 heavy (non-hydrogen) atoms. The van der Waals surface area contributed by atoms with Gasteiger partial charge in [-0.1, -0.05) is 32.6 Å². The Kier molecular flexibility index (Phi) is 11.2. The maximum Gasteiger partial charge on any atom is 0.460 e. The number of unbranched alkanes of at least 4 members (excludes halogenated alkanes) is 3. The zero-order valence-electron chi connectivity index (χ0n) is 20.9. The standard InChI is InChI=1S/C25H28F10N2O2/c1-2-3-4-5-7-18(26)16-39-19-10-8-17(9-11-19)21-36-14-20(15-37-21)38-13-6-12-22(27,28)23(29,30)24(31,32)25(33,34)35/h8-11,14-15,18H,2-7,12-13,16H2,1H3/t18-/m0/s1. The quantitative estimate of drug-likeness (QED) is 0.148. The normalized spacial score (nSPS) is 13.8. The van der Waals surface area contributed by atoms with Crippen LogP contribution in [0.5, 0.6) is 11.5 Å². The van der Waals surface area contributed by atoms with Crippen LogP contribution >= 0.6 is 0 Å². The fourth-order valence-electron chi connectivity index (χ4n) is 3.35. The Bertz CT molecular complexity index is 999. The predicted molar refractivity (Wildman–Crippen MR) is 122 cm³/mol. The van der Waals surface area contributed by atoms with Crippen LogP contribution in [0.3, 0.4) is 0 Å². The molecule has 14 heteroatoms. The van der Waals surface area contributed by atoms with E-state index in [9.17, 15) is 43.9 Å². The van der Waals surface area contributed by atoms with Gasteiger partial charge in [0.25, 0.3) is 0 Å². The molecule has 0 spiro atoms. The van der Waals surface area contributed by atoms with Crippen molar-refractivity contribution in [2.24, 2.45) is 0 Å². The van der Waals surface area contributed by atoms with Crippen molar-refractivity contribution in [1.29, 1.82) is 0 Å². The number of ether oxygens (including phenoxy) is 2. The first-order chi connectivity index (χ1) is 18.1. The zero-order chi connectivity index (χ0) is 29.3. The minimum atomic E-state index is -6.91. The molecule has 0 fully saturated rings. The molecule has 0 unspecified atom stereocenters. The van der Waals surface area contributed by atoms with Gasteiger partial charge in [0.15, 0.2) is 11.6 Å². The highest BCUT2D eigenvalue weighted by Crippen LogP contribution is 2.54. The largest absolute Gasteiger partial charge is 0.491 e. The minimum Gasteiger partial charge on any atom is -0.491 e. The summed E-state index contributed by atoms with van der Waals surface area (Å²) in [4.78, 5) is 8.00. The second-order valence-corrected chi connectivity index (χ2v) is 8.83. The van der Waals surface area contributed by atoms with Crippen molar-refractivity contribution in [1.82, 2.24) is 9.97 Å². The Balaban J connectivity index is 1.83. The van der Waals surface area contributed by atoms with Crippen molar-refractivity contribution in [2.45, 2.75) is 82.0 Å². The van der Waals surface area contributed by atoms with Crippen LogP contribution in [0.15, 0.2) is 36.7 Å². The van der Waals surface area contributed by atoms with Gasteiger partial charge in [-0.15, -0.1) is 0 Å². The molecule has 1 atom stereocenters. The summed E-state index contributed by atoms with van der Waals surface area (Å²) in [6, 6.07) is 6.40. The van der Waals surface area contributed by atoms with Gasteiger partial charge in [-0.25, -0.2) is 14.4 Å². The van der Waals surface area contributed by atoms with E-state index in [2.05, 4.69) is 16.9 Å². The fraction of sp³-hybridized carbons (Fsp3) is 0.600. The van der Waals surface area contributed by atoms with E-state index in [4.69, 9.17) is 9.47 Å². The van der Waals surface area contributed by atoms with Crippen molar-refractivity contribution >= 4 is 0 Å². The third-order valence-corrected chi connectivity index (χ3v) is 5.66. The highest BCUT2D eigenvalue weighted by molar-refractivity contribution is 5.56. The lowest BCUT2D eigenvalue weighted by Crippen LogP contribution is -2.60. The van der Waals surface area contributed by atoms with Crippen LogP contribution in [0, 0.1) is 0 Å². The number of hydrogen-bond donors (Lipinski definition) is 0. The smallest absolute Gasteiger partial charge is 0.460 e. The summed E-state index contributed by atoms with van der Waals surface area (Å²) in [5.41, 5.74) is 0.540. The molecule has 0 bridgehead atoms. The van der Waals surface area contributed by atoms with Gasteiger partial charge < -0.3 is 9.47 Å². The lowest BCUT2D eigenvalue weighted by Gasteiger charge is -2.33. The molecule has 1 heterocycles. The molecule has 0 radical (unpaired) electrons. The molecule has 0 amide bonds. The predicted octanol–water partition coefficient (Wildman–Crippen LogP) is 8.46. The zero-order valence-corrected chi connectivity index (χ0v) is 20.9. The van der Waals surface area contributed by atoms with Crippen LogP contribution in [0.2, 0.25) is 0 Å². The Morgan fingerprint density at radius 2 is 1.36 bits per heavy atom. The van der Waals surface area contributed by atoms with E-state index in [1.54, 1.807) is 24.3 Å². The van der Waals surface area contributed by atoms with E-state index >= 15 is 0 Å². The molecule has 0 aliphatic heterocycles. The van der Waals surface area contributed by atoms with Crippen LogP contribution in [0.25, 0.3) is 11.4 Å². The molecule has 1 aromatic heterocycles. The average molecular weight is 578 g/mol. The number of hydrogen-bond acceptors (Lipinski definition) is 4. The van der Waals surface area contributed by atoms with E-state index in [0.717, 1.165) is 38.1 Å².